The average molecular weight is 314 g/mol. The number of benzene rings is 1. The van der Waals surface area contributed by atoms with Gasteiger partial charge in [0.15, 0.2) is 5.69 Å². The number of amides is 1. The summed E-state index contributed by atoms with van der Waals surface area (Å²) in [6, 6.07) is 3.83. The highest BCUT2D eigenvalue weighted by Crippen LogP contribution is 2.23. The molecule has 5 N–H and O–H groups in total. The summed E-state index contributed by atoms with van der Waals surface area (Å²) in [5.74, 6) is -2.93. The van der Waals surface area contributed by atoms with E-state index in [-0.39, 0.29) is 11.3 Å². The Labute approximate surface area is 124 Å². The number of carbonyl (C=O) groups is 3. The Morgan fingerprint density at radius 1 is 1.23 bits per heavy atom. The lowest BCUT2D eigenvalue weighted by Gasteiger charge is -2.20. The predicted molar refractivity (Wildman–Crippen MR) is 69.3 cm³/mol. The first-order chi connectivity index (χ1) is 10.2. The van der Waals surface area contributed by atoms with E-state index in [0.29, 0.717) is 0 Å². The molecule has 2 unspecified atom stereocenters. The van der Waals surface area contributed by atoms with Crippen molar-refractivity contribution < 1.29 is 39.8 Å². The number of aliphatic carboxylic acids is 2. The summed E-state index contributed by atoms with van der Waals surface area (Å²) >= 11 is 0. The summed E-state index contributed by atoms with van der Waals surface area (Å²) in [5, 5.41) is 38.4. The Balaban J connectivity index is 2.99. The van der Waals surface area contributed by atoms with Crippen LogP contribution in [0.1, 0.15) is 18.6 Å². The van der Waals surface area contributed by atoms with Crippen LogP contribution in [0, 0.1) is 5.21 Å². The minimum atomic E-state index is -1.88. The van der Waals surface area contributed by atoms with Crippen LogP contribution in [0.15, 0.2) is 24.3 Å². The molecule has 0 radical (unpaired) electrons. The quantitative estimate of drug-likeness (QED) is 0.435. The molecule has 120 valence electrons. The lowest BCUT2D eigenvalue weighted by Crippen LogP contribution is -2.99. The molecule has 0 bridgehead atoms. The maximum absolute atomic E-state index is 11.5. The fourth-order valence-electron chi connectivity index (χ4n) is 1.55. The Bertz CT molecular complexity index is 574. The number of hydrogen-bond donors (Lipinski definition) is 5. The van der Waals surface area contributed by atoms with Crippen molar-refractivity contribution in [2.24, 2.45) is 0 Å². The summed E-state index contributed by atoms with van der Waals surface area (Å²) < 4.78 is 4.63. The molecule has 0 saturated carbocycles. The second-order valence-electron chi connectivity index (χ2n) is 4.22. The van der Waals surface area contributed by atoms with Crippen molar-refractivity contribution >= 4 is 23.7 Å². The maximum Gasteiger partial charge on any atom is 0.409 e. The second-order valence-corrected chi connectivity index (χ2v) is 4.22. The summed E-state index contributed by atoms with van der Waals surface area (Å²) in [5.41, 5.74) is -0.574. The molecule has 1 amide bonds. The van der Waals surface area contributed by atoms with Crippen molar-refractivity contribution in [2.45, 2.75) is 19.1 Å². The Kier molecular flexibility index (Phi) is 5.81. The molecule has 1 aromatic carbocycles. The van der Waals surface area contributed by atoms with Gasteiger partial charge in [-0.05, 0) is 13.0 Å². The number of nitrogens with one attached hydrogen (secondary N) is 2. The van der Waals surface area contributed by atoms with Gasteiger partial charge in [0.2, 0.25) is 6.10 Å². The van der Waals surface area contributed by atoms with E-state index in [2.05, 4.69) is 4.74 Å². The highest BCUT2D eigenvalue weighted by atomic mass is 16.8. The Morgan fingerprint density at radius 2 is 1.82 bits per heavy atom. The topological polar surface area (TPSA) is 161 Å². The van der Waals surface area contributed by atoms with Crippen LogP contribution in [0.5, 0.6) is 0 Å². The van der Waals surface area contributed by atoms with E-state index in [1.54, 1.807) is 0 Å². The molecule has 10 nitrogen and oxygen atoms in total. The summed E-state index contributed by atoms with van der Waals surface area (Å²) in [7, 11) is 0. The zero-order valence-electron chi connectivity index (χ0n) is 11.3. The van der Waals surface area contributed by atoms with Gasteiger partial charge in [-0.1, -0.05) is 12.1 Å². The van der Waals surface area contributed by atoms with E-state index in [0.717, 1.165) is 13.0 Å². The lowest BCUT2D eigenvalue weighted by molar-refractivity contribution is -0.991. The zero-order chi connectivity index (χ0) is 16.9. The van der Waals surface area contributed by atoms with Gasteiger partial charge in [0.1, 0.15) is 6.04 Å². The van der Waals surface area contributed by atoms with Crippen molar-refractivity contribution in [1.29, 1.82) is 0 Å². The maximum atomic E-state index is 11.5. The van der Waals surface area contributed by atoms with Gasteiger partial charge >= 0.3 is 18.0 Å². The number of carboxylic acid groups (broad SMARTS) is 2. The van der Waals surface area contributed by atoms with Crippen LogP contribution in [0.3, 0.4) is 0 Å². The molecule has 0 heterocycles. The molecule has 1 aromatic rings. The monoisotopic (exact) mass is 314 g/mol. The van der Waals surface area contributed by atoms with E-state index < -0.39 is 35.4 Å². The minimum absolute atomic E-state index is 0.236. The predicted octanol–water partition coefficient (Wildman–Crippen LogP) is -0.585. The van der Waals surface area contributed by atoms with Crippen LogP contribution in [-0.2, 0) is 14.3 Å². The van der Waals surface area contributed by atoms with Crippen molar-refractivity contribution in [3.05, 3.63) is 35.0 Å². The molecule has 0 aliphatic heterocycles. The third-order valence-electron chi connectivity index (χ3n) is 2.63. The molecule has 0 aromatic heterocycles. The van der Waals surface area contributed by atoms with Gasteiger partial charge in [-0.15, -0.1) is 0 Å². The first-order valence-electron chi connectivity index (χ1n) is 5.99. The standard InChI is InChI=1S/C12H14N2O8/c1-6(10(15)16)13-12(19)22-9(11(17)18)7-4-2-3-5-8(7)14(20)21/h2-6,9,14,20H,1H3,(H,13,19)(H,15,16)(H,17,18)/t6-,9?/m0/s1. The smallest absolute Gasteiger partial charge is 0.409 e. The van der Waals surface area contributed by atoms with Crippen LogP contribution < -0.4 is 10.5 Å². The van der Waals surface area contributed by atoms with Crippen molar-refractivity contribution in [2.75, 3.05) is 0 Å². The number of rotatable bonds is 6. The van der Waals surface area contributed by atoms with Crippen LogP contribution in [0.25, 0.3) is 0 Å². The number of para-hydroxylation sites is 1. The van der Waals surface area contributed by atoms with Gasteiger partial charge in [-0.25, -0.2) is 14.8 Å². The third kappa shape index (κ3) is 4.41. The molecule has 3 atom stereocenters. The fourth-order valence-corrected chi connectivity index (χ4v) is 1.55. The van der Waals surface area contributed by atoms with Crippen molar-refractivity contribution in [3.8, 4) is 0 Å². The molecule has 0 aliphatic rings. The van der Waals surface area contributed by atoms with Crippen molar-refractivity contribution in [3.63, 3.8) is 0 Å². The molecule has 10 heteroatoms. The van der Waals surface area contributed by atoms with Crippen LogP contribution >= 0.6 is 0 Å². The molecule has 0 fully saturated rings. The summed E-state index contributed by atoms with van der Waals surface area (Å²) in [6.07, 6.45) is -3.17. The van der Waals surface area contributed by atoms with Gasteiger partial charge < -0.3 is 25.5 Å². The third-order valence-corrected chi connectivity index (χ3v) is 2.63. The van der Waals surface area contributed by atoms with E-state index >= 15 is 0 Å². The number of ether oxygens (including phenoxy) is 1. The molecule has 0 spiro atoms. The van der Waals surface area contributed by atoms with Gasteiger partial charge in [-0.2, -0.15) is 5.23 Å². The van der Waals surface area contributed by atoms with Gasteiger partial charge in [0.25, 0.3) is 0 Å². The Morgan fingerprint density at radius 3 is 2.32 bits per heavy atom. The number of quaternary nitrogens is 1. The van der Waals surface area contributed by atoms with E-state index in [1.807, 2.05) is 5.32 Å². The highest BCUT2D eigenvalue weighted by molar-refractivity contribution is 5.82. The lowest BCUT2D eigenvalue weighted by atomic mass is 10.1. The highest BCUT2D eigenvalue weighted by Gasteiger charge is 2.30. The minimum Gasteiger partial charge on any atom is -0.595 e. The molecular weight excluding hydrogens is 300 g/mol. The SMILES string of the molecule is C[C@H](NC(=O)OC(C(=O)O)c1ccccc1[NH+]([O-])O)C(=O)O. The van der Waals surface area contributed by atoms with Gasteiger partial charge in [0, 0.05) is 6.07 Å². The van der Waals surface area contributed by atoms with E-state index in [9.17, 15) is 19.6 Å². The zero-order valence-corrected chi connectivity index (χ0v) is 11.3. The Hall–Kier alpha value is -2.69. The molecule has 0 saturated heterocycles. The van der Waals surface area contributed by atoms with E-state index in [4.69, 9.17) is 15.4 Å². The largest absolute Gasteiger partial charge is 0.595 e. The average Bonchev–Trinajstić information content (AvgIpc) is 2.44. The molecule has 1 rings (SSSR count). The molecule has 22 heavy (non-hydrogen) atoms. The van der Waals surface area contributed by atoms with Crippen LogP contribution in [0.2, 0.25) is 0 Å². The number of carboxylic acids is 2. The summed E-state index contributed by atoms with van der Waals surface area (Å²) in [4.78, 5) is 33.3. The van der Waals surface area contributed by atoms with Gasteiger partial charge in [0.05, 0.1) is 5.56 Å². The van der Waals surface area contributed by atoms with E-state index in [1.165, 1.54) is 18.2 Å². The van der Waals surface area contributed by atoms with Crippen LogP contribution in [0.4, 0.5) is 10.5 Å². The van der Waals surface area contributed by atoms with Gasteiger partial charge in [-0.3, -0.25) is 4.79 Å². The summed E-state index contributed by atoms with van der Waals surface area (Å²) in [6.45, 7) is 1.16. The van der Waals surface area contributed by atoms with Crippen LogP contribution in [-0.4, -0.2) is 39.5 Å². The number of carbonyl (C=O) groups excluding carboxylic acids is 1. The fraction of sp³-hybridized carbons (Fsp3) is 0.250. The molecular formula is C12H14N2O8. The second kappa shape index (κ2) is 7.36. The molecule has 0 aliphatic carbocycles. The van der Waals surface area contributed by atoms with Crippen molar-refractivity contribution in [1.82, 2.24) is 5.32 Å². The first-order valence-corrected chi connectivity index (χ1v) is 5.99. The first kappa shape index (κ1) is 17.4. The normalized spacial score (nSPS) is 14.5. The number of hydrogen-bond acceptors (Lipinski definition) is 6. The number of alkyl carbamates (subject to hydrolysis) is 1.